The Hall–Kier alpha value is -0.870. The molecule has 1 atom stereocenters. The summed E-state index contributed by atoms with van der Waals surface area (Å²) in [7, 11) is 0. The SMILES string of the molecule is CC(C)C(CNCc1cncn1C1CC1)N1CCCC1. The van der Waals surface area contributed by atoms with E-state index in [9.17, 15) is 0 Å². The molecule has 1 saturated heterocycles. The summed E-state index contributed by atoms with van der Waals surface area (Å²) in [5, 5.41) is 3.67. The molecule has 1 saturated carbocycles. The molecule has 0 amide bonds. The smallest absolute Gasteiger partial charge is 0.0951 e. The second-order valence-electron chi connectivity index (χ2n) is 6.71. The molecular weight excluding hydrogens is 248 g/mol. The summed E-state index contributed by atoms with van der Waals surface area (Å²) < 4.78 is 2.35. The van der Waals surface area contributed by atoms with Crippen molar-refractivity contribution in [3.8, 4) is 0 Å². The minimum Gasteiger partial charge on any atom is -0.330 e. The molecule has 3 rings (SSSR count). The molecular formula is C16H28N4. The van der Waals surface area contributed by atoms with Crippen molar-refractivity contribution in [1.29, 1.82) is 0 Å². The maximum Gasteiger partial charge on any atom is 0.0951 e. The number of imidazole rings is 1. The molecule has 0 bridgehead atoms. The predicted molar refractivity (Wildman–Crippen MR) is 81.6 cm³/mol. The van der Waals surface area contributed by atoms with E-state index in [1.807, 2.05) is 12.5 Å². The maximum absolute atomic E-state index is 4.31. The largest absolute Gasteiger partial charge is 0.330 e. The van der Waals surface area contributed by atoms with Crippen LogP contribution in [0.1, 0.15) is 51.3 Å². The monoisotopic (exact) mass is 276 g/mol. The van der Waals surface area contributed by atoms with Crippen molar-refractivity contribution >= 4 is 0 Å². The Morgan fingerprint density at radius 2 is 2.05 bits per heavy atom. The lowest BCUT2D eigenvalue weighted by Gasteiger charge is -2.31. The van der Waals surface area contributed by atoms with Crippen LogP contribution in [0.5, 0.6) is 0 Å². The third kappa shape index (κ3) is 3.23. The average molecular weight is 276 g/mol. The molecule has 1 aromatic heterocycles. The third-order valence-corrected chi connectivity index (χ3v) is 4.73. The Bertz CT molecular complexity index is 416. The Kier molecular flexibility index (Phi) is 4.41. The van der Waals surface area contributed by atoms with Crippen molar-refractivity contribution < 1.29 is 0 Å². The lowest BCUT2D eigenvalue weighted by atomic mass is 10.0. The van der Waals surface area contributed by atoms with Gasteiger partial charge in [0.15, 0.2) is 0 Å². The molecule has 1 aromatic rings. The van der Waals surface area contributed by atoms with Crippen molar-refractivity contribution in [2.24, 2.45) is 5.92 Å². The van der Waals surface area contributed by atoms with E-state index >= 15 is 0 Å². The molecule has 1 aliphatic heterocycles. The van der Waals surface area contributed by atoms with Crippen molar-refractivity contribution in [2.75, 3.05) is 19.6 Å². The number of rotatable bonds is 7. The number of hydrogen-bond donors (Lipinski definition) is 1. The first kappa shape index (κ1) is 14.1. The van der Waals surface area contributed by atoms with Gasteiger partial charge < -0.3 is 9.88 Å². The van der Waals surface area contributed by atoms with Crippen molar-refractivity contribution in [2.45, 2.75) is 58.2 Å². The summed E-state index contributed by atoms with van der Waals surface area (Å²) in [6.07, 6.45) is 9.41. The van der Waals surface area contributed by atoms with E-state index in [2.05, 4.69) is 33.6 Å². The molecule has 1 aliphatic carbocycles. The van der Waals surface area contributed by atoms with E-state index in [1.165, 1.54) is 44.5 Å². The van der Waals surface area contributed by atoms with E-state index in [0.717, 1.165) is 19.1 Å². The predicted octanol–water partition coefficient (Wildman–Crippen LogP) is 2.43. The number of nitrogens with one attached hydrogen (secondary N) is 1. The quantitative estimate of drug-likeness (QED) is 0.830. The fraction of sp³-hybridized carbons (Fsp3) is 0.812. The van der Waals surface area contributed by atoms with Gasteiger partial charge in [-0.3, -0.25) is 4.90 Å². The van der Waals surface area contributed by atoms with Gasteiger partial charge in [0.25, 0.3) is 0 Å². The van der Waals surface area contributed by atoms with Gasteiger partial charge in [0.1, 0.15) is 0 Å². The Labute approximate surface area is 122 Å². The normalized spacial score (nSPS) is 21.8. The molecule has 2 aliphatic rings. The second kappa shape index (κ2) is 6.27. The summed E-state index contributed by atoms with van der Waals surface area (Å²) in [4.78, 5) is 6.97. The van der Waals surface area contributed by atoms with Gasteiger partial charge in [-0.15, -0.1) is 0 Å². The Morgan fingerprint density at radius 3 is 2.70 bits per heavy atom. The lowest BCUT2D eigenvalue weighted by Crippen LogP contribution is -2.44. The number of likely N-dealkylation sites (tertiary alicyclic amines) is 1. The van der Waals surface area contributed by atoms with Gasteiger partial charge in [-0.25, -0.2) is 4.98 Å². The molecule has 2 heterocycles. The van der Waals surface area contributed by atoms with Gasteiger partial charge in [0.2, 0.25) is 0 Å². The molecule has 112 valence electrons. The molecule has 1 unspecified atom stereocenters. The molecule has 20 heavy (non-hydrogen) atoms. The highest BCUT2D eigenvalue weighted by molar-refractivity contribution is 5.03. The van der Waals surface area contributed by atoms with E-state index in [0.29, 0.717) is 12.0 Å². The fourth-order valence-electron chi connectivity index (χ4n) is 3.36. The van der Waals surface area contributed by atoms with Crippen LogP contribution < -0.4 is 5.32 Å². The van der Waals surface area contributed by atoms with Crippen LogP contribution in [0.4, 0.5) is 0 Å². The molecule has 0 radical (unpaired) electrons. The zero-order chi connectivity index (χ0) is 13.9. The van der Waals surface area contributed by atoms with Gasteiger partial charge in [-0.2, -0.15) is 0 Å². The highest BCUT2D eigenvalue weighted by Gasteiger charge is 2.26. The molecule has 0 spiro atoms. The van der Waals surface area contributed by atoms with Crippen LogP contribution in [0.2, 0.25) is 0 Å². The van der Waals surface area contributed by atoms with Gasteiger partial charge in [-0.05, 0) is 44.7 Å². The van der Waals surface area contributed by atoms with Crippen molar-refractivity contribution in [3.05, 3.63) is 18.2 Å². The Morgan fingerprint density at radius 1 is 1.30 bits per heavy atom. The van der Waals surface area contributed by atoms with Crippen LogP contribution in [-0.4, -0.2) is 40.1 Å². The van der Waals surface area contributed by atoms with Crippen LogP contribution in [-0.2, 0) is 6.54 Å². The van der Waals surface area contributed by atoms with Gasteiger partial charge in [0, 0.05) is 31.4 Å². The van der Waals surface area contributed by atoms with Crippen molar-refractivity contribution in [1.82, 2.24) is 19.8 Å². The first-order chi connectivity index (χ1) is 9.75. The first-order valence-electron chi connectivity index (χ1n) is 8.21. The van der Waals surface area contributed by atoms with E-state index in [-0.39, 0.29) is 0 Å². The fourth-order valence-corrected chi connectivity index (χ4v) is 3.36. The molecule has 2 fully saturated rings. The summed E-state index contributed by atoms with van der Waals surface area (Å²) in [6.45, 7) is 9.30. The van der Waals surface area contributed by atoms with Crippen LogP contribution in [0.15, 0.2) is 12.5 Å². The zero-order valence-electron chi connectivity index (χ0n) is 12.9. The van der Waals surface area contributed by atoms with Gasteiger partial charge >= 0.3 is 0 Å². The average Bonchev–Trinajstić information content (AvgIpc) is 2.94. The first-order valence-corrected chi connectivity index (χ1v) is 8.21. The minimum atomic E-state index is 0.676. The Balaban J connectivity index is 1.50. The van der Waals surface area contributed by atoms with Crippen LogP contribution >= 0.6 is 0 Å². The molecule has 4 heteroatoms. The summed E-state index contributed by atoms with van der Waals surface area (Å²) in [5.41, 5.74) is 1.34. The summed E-state index contributed by atoms with van der Waals surface area (Å²) in [5.74, 6) is 0.717. The van der Waals surface area contributed by atoms with Gasteiger partial charge in [-0.1, -0.05) is 13.8 Å². The topological polar surface area (TPSA) is 33.1 Å². The molecule has 4 nitrogen and oxygen atoms in total. The maximum atomic E-state index is 4.31. The molecule has 0 aromatic carbocycles. The lowest BCUT2D eigenvalue weighted by molar-refractivity contribution is 0.186. The summed E-state index contributed by atoms with van der Waals surface area (Å²) >= 11 is 0. The highest BCUT2D eigenvalue weighted by atomic mass is 15.2. The standard InChI is InChI=1S/C16H28N4/c1-13(2)16(19-7-3-4-8-19)11-17-9-15-10-18-12-20(15)14-5-6-14/h10,12-14,16-17H,3-9,11H2,1-2H3. The van der Waals surface area contributed by atoms with E-state index in [4.69, 9.17) is 0 Å². The number of hydrogen-bond acceptors (Lipinski definition) is 3. The minimum absolute atomic E-state index is 0.676. The van der Waals surface area contributed by atoms with Gasteiger partial charge in [0.05, 0.1) is 12.0 Å². The number of nitrogens with zero attached hydrogens (tertiary/aromatic N) is 3. The van der Waals surface area contributed by atoms with E-state index < -0.39 is 0 Å². The molecule has 1 N–H and O–H groups in total. The summed E-state index contributed by atoms with van der Waals surface area (Å²) in [6, 6.07) is 1.41. The third-order valence-electron chi connectivity index (χ3n) is 4.73. The van der Waals surface area contributed by atoms with Crippen molar-refractivity contribution in [3.63, 3.8) is 0 Å². The zero-order valence-corrected chi connectivity index (χ0v) is 12.9. The highest BCUT2D eigenvalue weighted by Crippen LogP contribution is 2.35. The van der Waals surface area contributed by atoms with E-state index in [1.54, 1.807) is 0 Å². The number of aromatic nitrogens is 2. The second-order valence-corrected chi connectivity index (χ2v) is 6.71. The van der Waals surface area contributed by atoms with Crippen LogP contribution in [0.3, 0.4) is 0 Å². The van der Waals surface area contributed by atoms with Crippen LogP contribution in [0, 0.1) is 5.92 Å². The van der Waals surface area contributed by atoms with Crippen LogP contribution in [0.25, 0.3) is 0 Å².